The fraction of sp³-hybridized carbons (Fsp3) is 0.143. The van der Waals surface area contributed by atoms with Gasteiger partial charge in [0.25, 0.3) is 0 Å². The van der Waals surface area contributed by atoms with Crippen molar-refractivity contribution in [1.82, 2.24) is 4.98 Å². The summed E-state index contributed by atoms with van der Waals surface area (Å²) in [6, 6.07) is 6.39. The Balaban J connectivity index is 0.00000242. The van der Waals surface area contributed by atoms with Crippen molar-refractivity contribution >= 4 is 11.8 Å². The van der Waals surface area contributed by atoms with Gasteiger partial charge in [-0.15, -0.1) is 0 Å². The third kappa shape index (κ3) is 6.24. The number of carbonyl (C=O) groups is 1. The molecule has 6 nitrogen and oxygen atoms in total. The predicted molar refractivity (Wildman–Crippen MR) is 73.5 cm³/mol. The normalized spacial score (nSPS) is 9.30. The SMILES string of the molecule is O=C(O)c1cc(F)cnc1NCCOc1ccc(F)cc1.[Li+].[OH-]. The monoisotopic (exact) mass is 318 g/mol. The molecule has 0 aliphatic heterocycles. The average molecular weight is 318 g/mol. The summed E-state index contributed by atoms with van der Waals surface area (Å²) in [4.78, 5) is 14.6. The number of hydrogen-bond acceptors (Lipinski definition) is 5. The molecule has 3 N–H and O–H groups in total. The van der Waals surface area contributed by atoms with Crippen molar-refractivity contribution in [2.75, 3.05) is 18.5 Å². The fourth-order valence-electron chi connectivity index (χ4n) is 1.61. The Morgan fingerprint density at radius 2 is 1.87 bits per heavy atom. The number of hydrogen-bond donors (Lipinski definition) is 2. The van der Waals surface area contributed by atoms with Crippen molar-refractivity contribution in [1.29, 1.82) is 0 Å². The second kappa shape index (κ2) is 9.79. The number of ether oxygens (including phenoxy) is 1. The van der Waals surface area contributed by atoms with E-state index in [0.717, 1.165) is 12.3 Å². The van der Waals surface area contributed by atoms with E-state index >= 15 is 0 Å². The van der Waals surface area contributed by atoms with Crippen LogP contribution in [0.2, 0.25) is 0 Å². The van der Waals surface area contributed by atoms with Crippen LogP contribution in [0.4, 0.5) is 14.6 Å². The van der Waals surface area contributed by atoms with Crippen molar-refractivity contribution < 1.29 is 47.8 Å². The first-order valence-electron chi connectivity index (χ1n) is 6.07. The summed E-state index contributed by atoms with van der Waals surface area (Å²) in [7, 11) is 0. The quantitative estimate of drug-likeness (QED) is 0.543. The molecule has 0 spiro atoms. The molecule has 0 atom stereocenters. The van der Waals surface area contributed by atoms with E-state index in [1.165, 1.54) is 24.3 Å². The van der Waals surface area contributed by atoms with E-state index in [1.807, 2.05) is 0 Å². The zero-order chi connectivity index (χ0) is 15.2. The molecule has 0 unspecified atom stereocenters. The number of benzene rings is 1. The third-order valence-electron chi connectivity index (χ3n) is 2.56. The smallest absolute Gasteiger partial charge is 0.870 e. The minimum Gasteiger partial charge on any atom is -0.870 e. The van der Waals surface area contributed by atoms with E-state index in [1.54, 1.807) is 0 Å². The molecule has 1 aromatic carbocycles. The second-order valence-electron chi connectivity index (χ2n) is 4.08. The molecule has 2 rings (SSSR count). The maximum Gasteiger partial charge on any atom is 1.00 e. The van der Waals surface area contributed by atoms with Gasteiger partial charge in [0.05, 0.1) is 12.7 Å². The van der Waals surface area contributed by atoms with Gasteiger partial charge < -0.3 is 20.6 Å². The molecule has 0 radical (unpaired) electrons. The van der Waals surface area contributed by atoms with E-state index in [-0.39, 0.29) is 54.7 Å². The minimum absolute atomic E-state index is 0. The molecule has 0 saturated heterocycles. The first-order chi connectivity index (χ1) is 10.1. The molecule has 118 valence electrons. The zero-order valence-corrected chi connectivity index (χ0v) is 12.3. The summed E-state index contributed by atoms with van der Waals surface area (Å²) >= 11 is 0. The Bertz CT molecular complexity index is 641. The van der Waals surface area contributed by atoms with Gasteiger partial charge in [-0.3, -0.25) is 0 Å². The number of nitrogens with one attached hydrogen (secondary N) is 1. The van der Waals surface area contributed by atoms with Crippen LogP contribution in [0, 0.1) is 11.6 Å². The van der Waals surface area contributed by atoms with E-state index in [9.17, 15) is 13.6 Å². The van der Waals surface area contributed by atoms with Crippen molar-refractivity contribution in [3.05, 3.63) is 53.7 Å². The molecule has 0 fully saturated rings. The number of nitrogens with zero attached hydrogens (tertiary/aromatic N) is 1. The number of carboxylic acids is 1. The van der Waals surface area contributed by atoms with Gasteiger partial charge in [0.1, 0.15) is 35.4 Å². The molecular formula is C14H13F2LiN2O4. The van der Waals surface area contributed by atoms with Crippen LogP contribution in [-0.2, 0) is 0 Å². The van der Waals surface area contributed by atoms with E-state index in [2.05, 4.69) is 10.3 Å². The van der Waals surface area contributed by atoms with Gasteiger partial charge >= 0.3 is 24.8 Å². The molecular weight excluding hydrogens is 305 g/mol. The van der Waals surface area contributed by atoms with Crippen LogP contribution in [0.15, 0.2) is 36.5 Å². The average Bonchev–Trinajstić information content (AvgIpc) is 2.46. The van der Waals surface area contributed by atoms with Gasteiger partial charge in [-0.1, -0.05) is 0 Å². The third-order valence-corrected chi connectivity index (χ3v) is 2.56. The van der Waals surface area contributed by atoms with E-state index < -0.39 is 11.8 Å². The molecule has 1 aromatic heterocycles. The summed E-state index contributed by atoms with van der Waals surface area (Å²) in [5.41, 5.74) is -0.253. The summed E-state index contributed by atoms with van der Waals surface area (Å²) in [5, 5.41) is 11.7. The van der Waals surface area contributed by atoms with Gasteiger partial charge in [-0.05, 0) is 30.3 Å². The van der Waals surface area contributed by atoms with Crippen molar-refractivity contribution in [2.45, 2.75) is 0 Å². The van der Waals surface area contributed by atoms with Gasteiger partial charge in [-0.2, -0.15) is 0 Å². The van der Waals surface area contributed by atoms with Crippen LogP contribution in [0.3, 0.4) is 0 Å². The second-order valence-corrected chi connectivity index (χ2v) is 4.08. The number of pyridine rings is 1. The number of aromatic carboxylic acids is 1. The van der Waals surface area contributed by atoms with Crippen LogP contribution in [0.1, 0.15) is 10.4 Å². The van der Waals surface area contributed by atoms with Gasteiger partial charge in [0.15, 0.2) is 0 Å². The molecule has 23 heavy (non-hydrogen) atoms. The van der Waals surface area contributed by atoms with Crippen molar-refractivity contribution in [3.63, 3.8) is 0 Å². The Kier molecular flexibility index (Phi) is 8.88. The van der Waals surface area contributed by atoms with Crippen molar-refractivity contribution in [2.24, 2.45) is 0 Å². The summed E-state index contributed by atoms with van der Waals surface area (Å²) in [5.74, 6) is -1.80. The first-order valence-corrected chi connectivity index (χ1v) is 6.07. The maximum absolute atomic E-state index is 12.9. The number of rotatable bonds is 6. The summed E-state index contributed by atoms with van der Waals surface area (Å²) < 4.78 is 31.0. The molecule has 0 aliphatic carbocycles. The maximum atomic E-state index is 12.9. The largest absolute Gasteiger partial charge is 1.00 e. The molecule has 0 saturated carbocycles. The van der Waals surface area contributed by atoms with Crippen LogP contribution in [-0.4, -0.2) is 34.7 Å². The van der Waals surface area contributed by atoms with Crippen LogP contribution < -0.4 is 28.9 Å². The van der Waals surface area contributed by atoms with Crippen LogP contribution >= 0.6 is 0 Å². The molecule has 9 heteroatoms. The first kappa shape index (κ1) is 20.9. The van der Waals surface area contributed by atoms with Gasteiger partial charge in [-0.25, -0.2) is 18.6 Å². The topological polar surface area (TPSA) is 101 Å². The van der Waals surface area contributed by atoms with Crippen LogP contribution in [0.25, 0.3) is 0 Å². The molecule has 1 heterocycles. The van der Waals surface area contributed by atoms with E-state index in [4.69, 9.17) is 9.84 Å². The Labute approximate surface area is 143 Å². The zero-order valence-electron chi connectivity index (χ0n) is 12.3. The Morgan fingerprint density at radius 1 is 1.22 bits per heavy atom. The molecule has 0 aliphatic rings. The van der Waals surface area contributed by atoms with Crippen LogP contribution in [0.5, 0.6) is 5.75 Å². The summed E-state index contributed by atoms with van der Waals surface area (Å²) in [6.07, 6.45) is 0.926. The summed E-state index contributed by atoms with van der Waals surface area (Å²) in [6.45, 7) is 0.472. The number of aromatic nitrogens is 1. The molecule has 2 aromatic rings. The standard InChI is InChI=1S/C14H12F2N2O3.Li.H2O/c15-9-1-3-11(4-2-9)21-6-5-17-13-12(14(19)20)7-10(16)8-18-13;;/h1-4,7-8H,5-6H2,(H,17,18)(H,19,20);;1H2/q;+1;/p-1. The number of carboxylic acid groups (broad SMARTS) is 1. The Morgan fingerprint density at radius 3 is 2.48 bits per heavy atom. The molecule has 0 bridgehead atoms. The number of halogens is 2. The number of anilines is 1. The predicted octanol–water partition coefficient (Wildman–Crippen LogP) is -0.624. The minimum atomic E-state index is -1.27. The van der Waals surface area contributed by atoms with Crippen molar-refractivity contribution in [3.8, 4) is 5.75 Å². The fourth-order valence-corrected chi connectivity index (χ4v) is 1.61. The van der Waals surface area contributed by atoms with E-state index in [0.29, 0.717) is 5.75 Å². The molecule has 0 amide bonds. The van der Waals surface area contributed by atoms with Gasteiger partial charge in [0.2, 0.25) is 0 Å². The Hall–Kier alpha value is -2.14. The van der Waals surface area contributed by atoms with Gasteiger partial charge in [0, 0.05) is 0 Å².